The van der Waals surface area contributed by atoms with Crippen LogP contribution in [0.5, 0.6) is 5.75 Å². The van der Waals surface area contributed by atoms with Gasteiger partial charge >= 0.3 is 0 Å². The summed E-state index contributed by atoms with van der Waals surface area (Å²) in [7, 11) is -2.70. The first-order chi connectivity index (χ1) is 19.1. The van der Waals surface area contributed by atoms with E-state index in [1.807, 2.05) is 51.1 Å². The molecule has 3 aromatic carbocycles. The zero-order valence-electron chi connectivity index (χ0n) is 23.2. The fourth-order valence-corrected chi connectivity index (χ4v) is 5.90. The summed E-state index contributed by atoms with van der Waals surface area (Å²) in [4.78, 5) is 28.6. The van der Waals surface area contributed by atoms with E-state index in [2.05, 4.69) is 5.32 Å². The van der Waals surface area contributed by atoms with Gasteiger partial charge in [-0.1, -0.05) is 54.9 Å². The van der Waals surface area contributed by atoms with Crippen LogP contribution in [0.2, 0.25) is 5.02 Å². The molecule has 1 N–H and O–H groups in total. The smallest absolute Gasteiger partial charge is 0.264 e. The van der Waals surface area contributed by atoms with Gasteiger partial charge in [0.2, 0.25) is 11.8 Å². The van der Waals surface area contributed by atoms with Gasteiger partial charge in [-0.15, -0.1) is 0 Å². The number of rotatable bonds is 13. The van der Waals surface area contributed by atoms with Crippen LogP contribution in [-0.2, 0) is 26.0 Å². The number of nitrogens with zero attached hydrogens (tertiary/aromatic N) is 2. The maximum atomic E-state index is 14.0. The Morgan fingerprint density at radius 3 is 2.23 bits per heavy atom. The summed E-state index contributed by atoms with van der Waals surface area (Å²) in [6.07, 6.45) is 0.863. The number of carbonyl (C=O) groups excluding carboxylic acids is 2. The summed E-state index contributed by atoms with van der Waals surface area (Å²) in [5.41, 5.74) is 1.23. The van der Waals surface area contributed by atoms with Gasteiger partial charge in [-0.05, 0) is 74.7 Å². The zero-order chi connectivity index (χ0) is 29.3. The van der Waals surface area contributed by atoms with E-state index in [0.717, 1.165) is 9.87 Å². The van der Waals surface area contributed by atoms with Crippen LogP contribution in [0.1, 0.15) is 32.8 Å². The highest BCUT2D eigenvalue weighted by molar-refractivity contribution is 7.92. The monoisotopic (exact) mass is 585 g/mol. The standard InChI is InChI=1S/C30H36ClN3O5S/c1-5-28(30(36)32-22(2)3)33(19-18-23-10-7-6-8-11-23)29(35)21-34(25-13-9-12-24(31)20-25)40(37,38)27-16-14-26(39-4)15-17-27/h6-17,20,22,28H,5,18-19,21H2,1-4H3,(H,32,36)/t28-/m1/s1. The average Bonchev–Trinajstić information content (AvgIpc) is 2.93. The molecule has 0 aliphatic carbocycles. The van der Waals surface area contributed by atoms with E-state index in [4.69, 9.17) is 16.3 Å². The molecular formula is C30H36ClN3O5S. The van der Waals surface area contributed by atoms with Gasteiger partial charge in [0.05, 0.1) is 17.7 Å². The first-order valence-corrected chi connectivity index (χ1v) is 14.9. The van der Waals surface area contributed by atoms with Gasteiger partial charge in [0.25, 0.3) is 10.0 Å². The molecule has 8 nitrogen and oxygen atoms in total. The second-order valence-electron chi connectivity index (χ2n) is 9.58. The minimum Gasteiger partial charge on any atom is -0.497 e. The second-order valence-corrected chi connectivity index (χ2v) is 11.9. The normalized spacial score (nSPS) is 12.1. The van der Waals surface area contributed by atoms with Crippen molar-refractivity contribution in [2.75, 3.05) is 24.5 Å². The number of hydrogen-bond donors (Lipinski definition) is 1. The van der Waals surface area contributed by atoms with Crippen LogP contribution < -0.4 is 14.4 Å². The number of sulfonamides is 1. The summed E-state index contributed by atoms with van der Waals surface area (Å²) in [5, 5.41) is 3.22. The summed E-state index contributed by atoms with van der Waals surface area (Å²) in [6, 6.07) is 21.0. The van der Waals surface area contributed by atoms with Crippen LogP contribution in [0.3, 0.4) is 0 Å². The van der Waals surface area contributed by atoms with Crippen molar-refractivity contribution in [3.63, 3.8) is 0 Å². The SMILES string of the molecule is CC[C@H](C(=O)NC(C)C)N(CCc1ccccc1)C(=O)CN(c1cccc(Cl)c1)S(=O)(=O)c1ccc(OC)cc1. The minimum absolute atomic E-state index is 0.0125. The van der Waals surface area contributed by atoms with Crippen molar-refractivity contribution >= 4 is 39.1 Å². The molecule has 0 saturated heterocycles. The average molecular weight is 586 g/mol. The van der Waals surface area contributed by atoms with Gasteiger partial charge in [0, 0.05) is 17.6 Å². The highest BCUT2D eigenvalue weighted by atomic mass is 35.5. The van der Waals surface area contributed by atoms with Gasteiger partial charge in [0.15, 0.2) is 0 Å². The first-order valence-electron chi connectivity index (χ1n) is 13.1. The van der Waals surface area contributed by atoms with Crippen LogP contribution >= 0.6 is 11.6 Å². The summed E-state index contributed by atoms with van der Waals surface area (Å²) < 4.78 is 34.0. The predicted molar refractivity (Wildman–Crippen MR) is 158 cm³/mol. The third-order valence-electron chi connectivity index (χ3n) is 6.32. The van der Waals surface area contributed by atoms with Crippen LogP contribution in [0.4, 0.5) is 5.69 Å². The lowest BCUT2D eigenvalue weighted by molar-refractivity contribution is -0.139. The first kappa shape index (κ1) is 31.0. The molecule has 0 heterocycles. The molecule has 0 bridgehead atoms. The molecule has 0 fully saturated rings. The summed E-state index contributed by atoms with van der Waals surface area (Å²) in [6.45, 7) is 5.25. The molecule has 214 valence electrons. The number of methoxy groups -OCH3 is 1. The lowest BCUT2D eigenvalue weighted by atomic mass is 10.1. The van der Waals surface area contributed by atoms with Crippen molar-refractivity contribution in [3.8, 4) is 5.75 Å². The quantitative estimate of drug-likeness (QED) is 0.307. The molecular weight excluding hydrogens is 550 g/mol. The minimum atomic E-state index is -4.19. The highest BCUT2D eigenvalue weighted by Gasteiger charge is 2.33. The molecule has 40 heavy (non-hydrogen) atoms. The maximum Gasteiger partial charge on any atom is 0.264 e. The Kier molecular flexibility index (Phi) is 11.0. The lowest BCUT2D eigenvalue weighted by Crippen LogP contribution is -2.54. The van der Waals surface area contributed by atoms with Crippen LogP contribution in [0.25, 0.3) is 0 Å². The van der Waals surface area contributed by atoms with Gasteiger partial charge in [-0.2, -0.15) is 0 Å². The maximum absolute atomic E-state index is 14.0. The highest BCUT2D eigenvalue weighted by Crippen LogP contribution is 2.27. The molecule has 0 aliphatic rings. The molecule has 0 spiro atoms. The van der Waals surface area contributed by atoms with Crippen LogP contribution in [0, 0.1) is 0 Å². The van der Waals surface area contributed by atoms with Gasteiger partial charge in [-0.3, -0.25) is 13.9 Å². The van der Waals surface area contributed by atoms with Gasteiger partial charge in [0.1, 0.15) is 18.3 Å². The van der Waals surface area contributed by atoms with Crippen molar-refractivity contribution in [1.82, 2.24) is 10.2 Å². The Labute approximate surface area is 241 Å². The third-order valence-corrected chi connectivity index (χ3v) is 8.35. The second kappa shape index (κ2) is 14.2. The zero-order valence-corrected chi connectivity index (χ0v) is 24.8. The molecule has 2 amide bonds. The number of ether oxygens (including phenoxy) is 1. The van der Waals surface area contributed by atoms with E-state index < -0.39 is 28.5 Å². The van der Waals surface area contributed by atoms with Crippen molar-refractivity contribution in [2.45, 2.75) is 50.6 Å². The number of benzene rings is 3. The molecule has 0 aliphatic heterocycles. The molecule has 0 aromatic heterocycles. The molecule has 10 heteroatoms. The largest absolute Gasteiger partial charge is 0.497 e. The number of hydrogen-bond acceptors (Lipinski definition) is 5. The van der Waals surface area contributed by atoms with E-state index in [-0.39, 0.29) is 29.1 Å². The van der Waals surface area contributed by atoms with E-state index in [9.17, 15) is 18.0 Å². The fourth-order valence-electron chi connectivity index (χ4n) is 4.31. The van der Waals surface area contributed by atoms with E-state index in [1.54, 1.807) is 30.3 Å². The molecule has 0 unspecified atom stereocenters. The van der Waals surface area contributed by atoms with Crippen LogP contribution in [0.15, 0.2) is 83.8 Å². The Hall–Kier alpha value is -3.56. The van der Waals surface area contributed by atoms with Crippen molar-refractivity contribution in [3.05, 3.63) is 89.4 Å². The molecule has 0 radical (unpaired) electrons. The van der Waals surface area contributed by atoms with Crippen molar-refractivity contribution in [1.29, 1.82) is 0 Å². The topological polar surface area (TPSA) is 96.0 Å². The van der Waals surface area contributed by atoms with Crippen molar-refractivity contribution < 1.29 is 22.7 Å². The number of halogens is 1. The van der Waals surface area contributed by atoms with Gasteiger partial charge < -0.3 is 15.0 Å². The number of carbonyl (C=O) groups is 2. The Morgan fingerprint density at radius 1 is 0.975 bits per heavy atom. The molecule has 0 saturated carbocycles. The van der Waals surface area contributed by atoms with Crippen LogP contribution in [-0.4, -0.2) is 57.4 Å². The predicted octanol–water partition coefficient (Wildman–Crippen LogP) is 4.92. The van der Waals surface area contributed by atoms with Crippen molar-refractivity contribution in [2.24, 2.45) is 0 Å². The fraction of sp³-hybridized carbons (Fsp3) is 0.333. The third kappa shape index (κ3) is 7.99. The van der Waals surface area contributed by atoms with E-state index in [0.29, 0.717) is 23.6 Å². The van der Waals surface area contributed by atoms with E-state index in [1.165, 1.54) is 30.2 Å². The molecule has 3 aromatic rings. The molecule has 1 atom stereocenters. The van der Waals surface area contributed by atoms with Gasteiger partial charge in [-0.25, -0.2) is 8.42 Å². The summed E-state index contributed by atoms with van der Waals surface area (Å²) >= 11 is 6.22. The Morgan fingerprint density at radius 2 is 1.65 bits per heavy atom. The number of amides is 2. The summed E-state index contributed by atoms with van der Waals surface area (Å²) in [5.74, 6) is -0.289. The Bertz CT molecular complexity index is 1380. The Balaban J connectivity index is 2.01. The number of anilines is 1. The van der Waals surface area contributed by atoms with E-state index >= 15 is 0 Å². The molecule has 3 rings (SSSR count). The number of nitrogens with one attached hydrogen (secondary N) is 1. The lowest BCUT2D eigenvalue weighted by Gasteiger charge is -2.33.